The summed E-state index contributed by atoms with van der Waals surface area (Å²) in [6.07, 6.45) is 2.30. The van der Waals surface area contributed by atoms with Crippen molar-refractivity contribution in [3.05, 3.63) is 69.1 Å². The summed E-state index contributed by atoms with van der Waals surface area (Å²) in [6, 6.07) is 19.5. The van der Waals surface area contributed by atoms with Gasteiger partial charge in [-0.2, -0.15) is 4.57 Å². The predicted octanol–water partition coefficient (Wildman–Crippen LogP) is 6.18. The molecule has 0 atom stereocenters. The average Bonchev–Trinajstić information content (AvgIpc) is 3.13. The molecule has 3 aromatic carbocycles. The summed E-state index contributed by atoms with van der Waals surface area (Å²) in [5.41, 5.74) is 2.57. The summed E-state index contributed by atoms with van der Waals surface area (Å²) in [6.45, 7) is 0. The first-order valence-electron chi connectivity index (χ1n) is 8.35. The quantitative estimate of drug-likeness (QED) is 0.326. The number of nitrogens with zero attached hydrogens (tertiary/aromatic N) is 2. The Morgan fingerprint density at radius 2 is 1.92 bits per heavy atom. The Balaban J connectivity index is 1.66. The van der Waals surface area contributed by atoms with Crippen LogP contribution in [-0.4, -0.2) is 7.05 Å². The number of aromatic nitrogens is 1. The number of rotatable bonds is 1. The van der Waals surface area contributed by atoms with Crippen LogP contribution in [0.3, 0.4) is 0 Å². The third-order valence-corrected chi connectivity index (χ3v) is 7.63. The summed E-state index contributed by atoms with van der Waals surface area (Å²) in [4.78, 5) is 3.57. The third kappa shape index (κ3) is 2.49. The van der Waals surface area contributed by atoms with Crippen LogP contribution in [0.25, 0.3) is 27.1 Å². The first kappa shape index (κ1) is 16.4. The molecule has 0 unspecified atom stereocenters. The maximum Gasteiger partial charge on any atom is 0.265 e. The third-order valence-electron chi connectivity index (χ3n) is 4.82. The highest BCUT2D eigenvalue weighted by molar-refractivity contribution is 9.10. The Hall–Kier alpha value is -1.82. The van der Waals surface area contributed by atoms with Crippen molar-refractivity contribution in [1.82, 2.24) is 0 Å². The predicted molar refractivity (Wildman–Crippen MR) is 117 cm³/mol. The fourth-order valence-corrected chi connectivity index (χ4v) is 6.05. The van der Waals surface area contributed by atoms with Gasteiger partial charge < -0.3 is 4.90 Å². The van der Waals surface area contributed by atoms with Gasteiger partial charge in [0, 0.05) is 16.4 Å². The number of thiazole rings is 1. The first-order chi connectivity index (χ1) is 12.6. The highest BCUT2D eigenvalue weighted by Crippen LogP contribution is 2.46. The van der Waals surface area contributed by atoms with Crippen LogP contribution in [-0.2, 0) is 7.05 Å². The van der Waals surface area contributed by atoms with Gasteiger partial charge in [-0.15, -0.1) is 0 Å². The van der Waals surface area contributed by atoms with E-state index in [0.29, 0.717) is 0 Å². The molecule has 0 radical (unpaired) electrons. The van der Waals surface area contributed by atoms with Gasteiger partial charge >= 0.3 is 0 Å². The maximum absolute atomic E-state index is 3.58. The number of anilines is 1. The smallest absolute Gasteiger partial charge is 0.265 e. The minimum atomic E-state index is 1.11. The molecule has 0 saturated heterocycles. The summed E-state index contributed by atoms with van der Waals surface area (Å²) < 4.78 is 4.76. The van der Waals surface area contributed by atoms with E-state index in [4.69, 9.17) is 0 Å². The number of hydrogen-bond donors (Lipinski definition) is 0. The number of fused-ring (bicyclic) bond motifs is 4. The summed E-state index contributed by atoms with van der Waals surface area (Å²) in [5, 5.41) is 5.12. The molecular formula is C21H16BrN2S2+. The van der Waals surface area contributed by atoms with Crippen molar-refractivity contribution in [3.8, 4) is 0 Å². The number of benzene rings is 3. The van der Waals surface area contributed by atoms with Crippen LogP contribution >= 0.6 is 39.0 Å². The van der Waals surface area contributed by atoms with E-state index in [0.717, 1.165) is 4.47 Å². The van der Waals surface area contributed by atoms with E-state index in [1.807, 2.05) is 23.1 Å². The molecule has 5 heteroatoms. The van der Waals surface area contributed by atoms with Crippen molar-refractivity contribution >= 4 is 71.8 Å². The molecule has 2 heterocycles. The molecule has 0 aliphatic carbocycles. The standard InChI is InChI=1S/C21H16BrN2S2/c1-23-16-11-14(22)8-10-17(16)25-19(23)12-20-24(2)21-15-6-4-3-5-13(15)7-9-18(21)26-20/h3-12H,1-2H3/q+1. The molecular weight excluding hydrogens is 424 g/mol. The lowest BCUT2D eigenvalue weighted by molar-refractivity contribution is -0.641. The maximum atomic E-state index is 3.58. The SMILES string of the molecule is CN1/C(=C/c2sc3ccc4ccccc4c3[n+]2C)Sc2ccc(Br)cc21. The highest BCUT2D eigenvalue weighted by Gasteiger charge is 2.25. The van der Waals surface area contributed by atoms with E-state index in [1.165, 1.54) is 41.6 Å². The van der Waals surface area contributed by atoms with Gasteiger partial charge in [-0.05, 0) is 35.7 Å². The van der Waals surface area contributed by atoms with E-state index in [2.05, 4.69) is 100 Å². The lowest BCUT2D eigenvalue weighted by Crippen LogP contribution is -2.29. The molecule has 0 spiro atoms. The topological polar surface area (TPSA) is 7.12 Å². The fourth-order valence-electron chi connectivity index (χ4n) is 3.45. The number of aryl methyl sites for hydroxylation is 1. The van der Waals surface area contributed by atoms with Gasteiger partial charge in [0.25, 0.3) is 5.01 Å². The van der Waals surface area contributed by atoms with Crippen LogP contribution in [0.4, 0.5) is 5.69 Å². The summed E-state index contributed by atoms with van der Waals surface area (Å²) in [5.74, 6) is 0. The van der Waals surface area contributed by atoms with Crippen LogP contribution in [0, 0.1) is 0 Å². The van der Waals surface area contributed by atoms with Gasteiger partial charge in [0.1, 0.15) is 11.7 Å². The van der Waals surface area contributed by atoms with Gasteiger partial charge in [0.05, 0.1) is 22.2 Å². The van der Waals surface area contributed by atoms with Crippen molar-refractivity contribution in [1.29, 1.82) is 0 Å². The zero-order valence-corrected chi connectivity index (χ0v) is 17.6. The Kier molecular flexibility index (Phi) is 3.85. The molecule has 2 nitrogen and oxygen atoms in total. The van der Waals surface area contributed by atoms with Gasteiger partial charge in [-0.25, -0.2) is 0 Å². The van der Waals surface area contributed by atoms with Crippen molar-refractivity contribution in [2.24, 2.45) is 7.05 Å². The van der Waals surface area contributed by atoms with E-state index >= 15 is 0 Å². The zero-order valence-electron chi connectivity index (χ0n) is 14.4. The lowest BCUT2D eigenvalue weighted by Gasteiger charge is -2.12. The van der Waals surface area contributed by atoms with Crippen molar-refractivity contribution in [2.75, 3.05) is 11.9 Å². The molecule has 0 amide bonds. The van der Waals surface area contributed by atoms with Crippen molar-refractivity contribution in [3.63, 3.8) is 0 Å². The Morgan fingerprint density at radius 3 is 2.81 bits per heavy atom. The molecule has 1 aromatic heterocycles. The summed E-state index contributed by atoms with van der Waals surface area (Å²) in [7, 11) is 4.31. The number of hydrogen-bond acceptors (Lipinski definition) is 3. The minimum Gasteiger partial charge on any atom is -0.338 e. The van der Waals surface area contributed by atoms with Gasteiger partial charge in [-0.1, -0.05) is 63.3 Å². The molecule has 1 aliphatic heterocycles. The number of halogens is 1. The van der Waals surface area contributed by atoms with Crippen LogP contribution in [0.15, 0.2) is 69.0 Å². The van der Waals surface area contributed by atoms with Crippen LogP contribution in [0.5, 0.6) is 0 Å². The molecule has 128 valence electrons. The van der Waals surface area contributed by atoms with Gasteiger partial charge in [-0.3, -0.25) is 0 Å². The molecule has 4 aromatic rings. The minimum absolute atomic E-state index is 1.11. The Labute approximate surface area is 168 Å². The second-order valence-electron chi connectivity index (χ2n) is 6.39. The van der Waals surface area contributed by atoms with Crippen LogP contribution in [0.2, 0.25) is 0 Å². The molecule has 0 fully saturated rings. The van der Waals surface area contributed by atoms with Crippen LogP contribution < -0.4 is 9.47 Å². The van der Waals surface area contributed by atoms with E-state index < -0.39 is 0 Å². The first-order valence-corrected chi connectivity index (χ1v) is 10.8. The zero-order chi connectivity index (χ0) is 17.8. The average molecular weight is 440 g/mol. The Bertz CT molecular complexity index is 1210. The van der Waals surface area contributed by atoms with E-state index in [9.17, 15) is 0 Å². The van der Waals surface area contributed by atoms with Crippen molar-refractivity contribution < 1.29 is 4.57 Å². The monoisotopic (exact) mass is 439 g/mol. The summed E-state index contributed by atoms with van der Waals surface area (Å²) >= 11 is 7.26. The lowest BCUT2D eigenvalue weighted by atomic mass is 10.1. The Morgan fingerprint density at radius 1 is 1.08 bits per heavy atom. The molecule has 0 saturated carbocycles. The second-order valence-corrected chi connectivity index (χ2v) is 9.43. The largest absolute Gasteiger partial charge is 0.338 e. The second kappa shape index (κ2) is 6.12. The molecule has 0 bridgehead atoms. The number of thioether (sulfide) groups is 1. The molecule has 1 aliphatic rings. The van der Waals surface area contributed by atoms with Gasteiger partial charge in [0.15, 0.2) is 0 Å². The van der Waals surface area contributed by atoms with Gasteiger partial charge in [0.2, 0.25) is 5.52 Å². The van der Waals surface area contributed by atoms with E-state index in [-0.39, 0.29) is 0 Å². The fraction of sp³-hybridized carbons (Fsp3) is 0.0952. The normalized spacial score (nSPS) is 15.3. The van der Waals surface area contributed by atoms with Crippen LogP contribution in [0.1, 0.15) is 5.01 Å². The van der Waals surface area contributed by atoms with E-state index in [1.54, 1.807) is 0 Å². The molecule has 26 heavy (non-hydrogen) atoms. The molecule has 0 N–H and O–H groups in total. The highest BCUT2D eigenvalue weighted by atomic mass is 79.9. The van der Waals surface area contributed by atoms with Crippen molar-refractivity contribution in [2.45, 2.75) is 4.90 Å². The molecule has 5 rings (SSSR count).